The molecule has 2 saturated heterocycles. The summed E-state index contributed by atoms with van der Waals surface area (Å²) < 4.78 is 11.6. The van der Waals surface area contributed by atoms with E-state index in [2.05, 4.69) is 11.8 Å². The Hall–Kier alpha value is -1.66. The smallest absolute Gasteiger partial charge is 0.234 e. The van der Waals surface area contributed by atoms with E-state index in [9.17, 15) is 4.79 Å². The Balaban J connectivity index is 0.00000306. The summed E-state index contributed by atoms with van der Waals surface area (Å²) in [6.45, 7) is 6.69. The Morgan fingerprint density at radius 1 is 0.970 bits per heavy atom. The second kappa shape index (κ2) is 11.7. The number of nitrogens with zero attached hydrogens (tertiary/aromatic N) is 2. The van der Waals surface area contributed by atoms with Crippen LogP contribution in [0.1, 0.15) is 37.7 Å². The highest BCUT2D eigenvalue weighted by atomic mass is 35.5. The van der Waals surface area contributed by atoms with Crippen molar-refractivity contribution in [3.63, 3.8) is 0 Å². The van der Waals surface area contributed by atoms with E-state index >= 15 is 0 Å². The third kappa shape index (κ3) is 6.07. The van der Waals surface area contributed by atoms with Crippen LogP contribution in [0.4, 0.5) is 5.69 Å². The predicted octanol–water partition coefficient (Wildman–Crippen LogP) is 6.06. The van der Waals surface area contributed by atoms with Gasteiger partial charge in [0.25, 0.3) is 0 Å². The number of ether oxygens (including phenoxy) is 2. The average molecular weight is 514 g/mol. The van der Waals surface area contributed by atoms with Crippen molar-refractivity contribution in [2.45, 2.75) is 32.1 Å². The minimum absolute atomic E-state index is 0. The van der Waals surface area contributed by atoms with Crippen LogP contribution in [0.5, 0.6) is 11.5 Å². The molecule has 0 saturated carbocycles. The lowest BCUT2D eigenvalue weighted by molar-refractivity contribution is -0.118. The summed E-state index contributed by atoms with van der Waals surface area (Å²) in [6.07, 6.45) is 3.22. The van der Waals surface area contributed by atoms with E-state index in [1.165, 1.54) is 12.8 Å². The zero-order valence-electron chi connectivity index (χ0n) is 19.1. The number of methoxy groups -OCH3 is 1. The minimum atomic E-state index is -0.224. The normalized spacial score (nSPS) is 19.5. The minimum Gasteiger partial charge on any atom is -0.493 e. The SMILES string of the molecule is COc1ccc(N2CCC(c3ccc(Cl)c(Cl)c3)C2=O)cc1OCCN1CCC(C)CC1.Cl. The summed E-state index contributed by atoms with van der Waals surface area (Å²) in [5.41, 5.74) is 1.72. The fourth-order valence-corrected chi connectivity index (χ4v) is 4.80. The number of carbonyl (C=O) groups excluding carboxylic acids is 1. The van der Waals surface area contributed by atoms with Crippen LogP contribution in [0, 0.1) is 5.92 Å². The van der Waals surface area contributed by atoms with Crippen LogP contribution >= 0.6 is 35.6 Å². The second-order valence-corrected chi connectivity index (χ2v) is 9.53. The monoisotopic (exact) mass is 512 g/mol. The van der Waals surface area contributed by atoms with Crippen LogP contribution in [0.15, 0.2) is 36.4 Å². The van der Waals surface area contributed by atoms with Crippen molar-refractivity contribution in [2.24, 2.45) is 5.92 Å². The molecule has 0 aliphatic carbocycles. The number of halogens is 3. The molecule has 5 nitrogen and oxygen atoms in total. The van der Waals surface area contributed by atoms with Crippen LogP contribution in [0.3, 0.4) is 0 Å². The van der Waals surface area contributed by atoms with E-state index in [0.717, 1.165) is 43.2 Å². The number of hydrogen-bond donors (Lipinski definition) is 0. The quantitative estimate of drug-likeness (QED) is 0.452. The molecule has 2 aliphatic rings. The van der Waals surface area contributed by atoms with Crippen molar-refractivity contribution in [2.75, 3.05) is 44.8 Å². The lowest BCUT2D eigenvalue weighted by Gasteiger charge is -2.30. The highest BCUT2D eigenvalue weighted by Gasteiger charge is 2.34. The van der Waals surface area contributed by atoms with Crippen LogP contribution in [-0.2, 0) is 4.79 Å². The Morgan fingerprint density at radius 3 is 2.42 bits per heavy atom. The van der Waals surface area contributed by atoms with Gasteiger partial charge in [-0.3, -0.25) is 9.69 Å². The fraction of sp³-hybridized carbons (Fsp3) is 0.480. The number of benzene rings is 2. The molecular weight excluding hydrogens is 483 g/mol. The van der Waals surface area contributed by atoms with Gasteiger partial charge in [-0.1, -0.05) is 36.2 Å². The molecule has 0 spiro atoms. The van der Waals surface area contributed by atoms with Crippen molar-refractivity contribution >= 4 is 47.2 Å². The van der Waals surface area contributed by atoms with Gasteiger partial charge < -0.3 is 14.4 Å². The largest absolute Gasteiger partial charge is 0.493 e. The molecule has 2 heterocycles. The first-order chi connectivity index (χ1) is 15.5. The number of anilines is 1. The Labute approximate surface area is 212 Å². The number of rotatable bonds is 7. The first-order valence-electron chi connectivity index (χ1n) is 11.3. The van der Waals surface area contributed by atoms with Gasteiger partial charge in [-0.15, -0.1) is 12.4 Å². The molecule has 0 aromatic heterocycles. The summed E-state index contributed by atoms with van der Waals surface area (Å²) in [4.78, 5) is 17.4. The number of hydrogen-bond acceptors (Lipinski definition) is 4. The molecule has 1 atom stereocenters. The molecule has 0 N–H and O–H groups in total. The fourth-order valence-electron chi connectivity index (χ4n) is 4.49. The van der Waals surface area contributed by atoms with Crippen molar-refractivity contribution in [1.29, 1.82) is 0 Å². The molecule has 2 aromatic rings. The lowest BCUT2D eigenvalue weighted by Crippen LogP contribution is -2.35. The molecule has 2 aromatic carbocycles. The first kappa shape index (κ1) is 26.0. The molecule has 2 fully saturated rings. The number of likely N-dealkylation sites (tertiary alicyclic amines) is 1. The number of piperidine rings is 1. The van der Waals surface area contributed by atoms with E-state index in [4.69, 9.17) is 32.7 Å². The molecule has 8 heteroatoms. The van der Waals surface area contributed by atoms with Gasteiger partial charge in [-0.2, -0.15) is 0 Å². The third-order valence-corrected chi connectivity index (χ3v) is 7.29. The Kier molecular flexibility index (Phi) is 9.17. The molecule has 0 bridgehead atoms. The summed E-state index contributed by atoms with van der Waals surface area (Å²) in [5.74, 6) is 1.99. The standard InChI is InChI=1S/C25H30Cl2N2O3.ClH/c1-17-7-10-28(11-8-17)13-14-32-24-16-19(4-6-23(24)31-2)29-12-9-20(25(29)30)18-3-5-21(26)22(27)15-18;/h3-6,15-17,20H,7-14H2,1-2H3;1H. The van der Waals surface area contributed by atoms with Gasteiger partial charge in [0.1, 0.15) is 6.61 Å². The van der Waals surface area contributed by atoms with Crippen LogP contribution in [0.25, 0.3) is 0 Å². The third-order valence-electron chi connectivity index (χ3n) is 6.55. The molecule has 4 rings (SSSR count). The highest BCUT2D eigenvalue weighted by Crippen LogP contribution is 2.38. The molecule has 33 heavy (non-hydrogen) atoms. The Bertz CT molecular complexity index is 964. The van der Waals surface area contributed by atoms with E-state index in [-0.39, 0.29) is 24.2 Å². The topological polar surface area (TPSA) is 42.0 Å². The molecule has 2 aliphatic heterocycles. The van der Waals surface area contributed by atoms with E-state index in [0.29, 0.717) is 34.7 Å². The van der Waals surface area contributed by atoms with Crippen LogP contribution < -0.4 is 14.4 Å². The summed E-state index contributed by atoms with van der Waals surface area (Å²) in [6, 6.07) is 11.1. The van der Waals surface area contributed by atoms with Gasteiger partial charge in [0.05, 0.1) is 23.1 Å². The van der Waals surface area contributed by atoms with Crippen molar-refractivity contribution in [1.82, 2.24) is 4.90 Å². The van der Waals surface area contributed by atoms with E-state index in [1.807, 2.05) is 29.2 Å². The maximum atomic E-state index is 13.2. The zero-order chi connectivity index (χ0) is 22.7. The number of amides is 1. The number of carbonyl (C=O) groups is 1. The maximum Gasteiger partial charge on any atom is 0.234 e. The van der Waals surface area contributed by atoms with E-state index < -0.39 is 0 Å². The van der Waals surface area contributed by atoms with Crippen molar-refractivity contribution in [3.8, 4) is 11.5 Å². The second-order valence-electron chi connectivity index (χ2n) is 8.71. The lowest BCUT2D eigenvalue weighted by atomic mass is 9.98. The Morgan fingerprint density at radius 2 is 1.73 bits per heavy atom. The molecule has 1 amide bonds. The first-order valence-corrected chi connectivity index (χ1v) is 12.0. The molecule has 1 unspecified atom stereocenters. The van der Waals surface area contributed by atoms with Crippen molar-refractivity contribution in [3.05, 3.63) is 52.0 Å². The molecule has 180 valence electrons. The average Bonchev–Trinajstić information content (AvgIpc) is 3.18. The zero-order valence-corrected chi connectivity index (χ0v) is 21.4. The van der Waals surface area contributed by atoms with E-state index in [1.54, 1.807) is 19.2 Å². The summed E-state index contributed by atoms with van der Waals surface area (Å²) in [5, 5.41) is 0.965. The maximum absolute atomic E-state index is 13.2. The van der Waals surface area contributed by atoms with Crippen molar-refractivity contribution < 1.29 is 14.3 Å². The predicted molar refractivity (Wildman–Crippen MR) is 137 cm³/mol. The van der Waals surface area contributed by atoms with Gasteiger partial charge in [0, 0.05) is 24.8 Å². The highest BCUT2D eigenvalue weighted by molar-refractivity contribution is 6.42. The van der Waals surface area contributed by atoms with Gasteiger partial charge in [-0.25, -0.2) is 0 Å². The van der Waals surface area contributed by atoms with Gasteiger partial charge >= 0.3 is 0 Å². The van der Waals surface area contributed by atoms with Gasteiger partial charge in [0.2, 0.25) is 5.91 Å². The van der Waals surface area contributed by atoms with Crippen LogP contribution in [-0.4, -0.2) is 50.7 Å². The summed E-state index contributed by atoms with van der Waals surface area (Å²) in [7, 11) is 1.63. The van der Waals surface area contributed by atoms with Gasteiger partial charge in [-0.05, 0) is 68.1 Å². The summed E-state index contributed by atoms with van der Waals surface area (Å²) >= 11 is 12.2. The van der Waals surface area contributed by atoms with Crippen LogP contribution in [0.2, 0.25) is 10.0 Å². The van der Waals surface area contributed by atoms with Gasteiger partial charge in [0.15, 0.2) is 11.5 Å². The molecule has 0 radical (unpaired) electrons. The molecular formula is C25H31Cl3N2O3.